The van der Waals surface area contributed by atoms with Crippen LogP contribution in [0, 0.1) is 5.92 Å². The Morgan fingerprint density at radius 1 is 1.37 bits per heavy atom. The molecule has 0 aromatic carbocycles. The second-order valence-corrected chi connectivity index (χ2v) is 6.24. The highest BCUT2D eigenvalue weighted by Gasteiger charge is 2.24. The standard InChI is InChI=1S/C15H31NO3/c1-4-15(3,11-17)16-9-13(18)10-19-14-8-6-5-7-12(14)2/h12-14,16-18H,4-11H2,1-3H3. The first kappa shape index (κ1) is 16.9. The number of β-amino-alcohol motifs (C(OH)–C–C–N with tert-alkyl or cyclic N) is 1. The fraction of sp³-hybridized carbons (Fsp3) is 1.00. The molecule has 0 amide bonds. The van der Waals surface area contributed by atoms with Gasteiger partial charge in [0, 0.05) is 12.1 Å². The van der Waals surface area contributed by atoms with Crippen LogP contribution in [0.25, 0.3) is 0 Å². The van der Waals surface area contributed by atoms with E-state index < -0.39 is 6.10 Å². The lowest BCUT2D eigenvalue weighted by Gasteiger charge is -2.31. The van der Waals surface area contributed by atoms with E-state index in [0.717, 1.165) is 12.8 Å². The minimum Gasteiger partial charge on any atom is -0.394 e. The second-order valence-electron chi connectivity index (χ2n) is 6.24. The highest BCUT2D eigenvalue weighted by Crippen LogP contribution is 2.26. The van der Waals surface area contributed by atoms with Crippen LogP contribution in [0.15, 0.2) is 0 Å². The van der Waals surface area contributed by atoms with E-state index in [4.69, 9.17) is 4.74 Å². The third-order valence-corrected chi connectivity index (χ3v) is 4.43. The molecule has 1 rings (SSSR count). The summed E-state index contributed by atoms with van der Waals surface area (Å²) >= 11 is 0. The van der Waals surface area contributed by atoms with Gasteiger partial charge in [0.25, 0.3) is 0 Å². The Labute approximate surface area is 117 Å². The average molecular weight is 273 g/mol. The number of nitrogens with one attached hydrogen (secondary N) is 1. The summed E-state index contributed by atoms with van der Waals surface area (Å²) in [5, 5.41) is 22.5. The summed E-state index contributed by atoms with van der Waals surface area (Å²) in [6.07, 6.45) is 5.52. The Hall–Kier alpha value is -0.160. The van der Waals surface area contributed by atoms with Gasteiger partial charge in [-0.1, -0.05) is 26.7 Å². The molecule has 1 saturated carbocycles. The average Bonchev–Trinajstić information content (AvgIpc) is 2.44. The van der Waals surface area contributed by atoms with Gasteiger partial charge in [0.2, 0.25) is 0 Å². The van der Waals surface area contributed by atoms with Gasteiger partial charge >= 0.3 is 0 Å². The fourth-order valence-electron chi connectivity index (χ4n) is 2.48. The molecule has 4 heteroatoms. The Balaban J connectivity index is 2.22. The molecular formula is C15H31NO3. The van der Waals surface area contributed by atoms with Gasteiger partial charge in [0.1, 0.15) is 0 Å². The van der Waals surface area contributed by atoms with E-state index in [0.29, 0.717) is 25.2 Å². The van der Waals surface area contributed by atoms with Crippen molar-refractivity contribution in [3.63, 3.8) is 0 Å². The molecule has 19 heavy (non-hydrogen) atoms. The third-order valence-electron chi connectivity index (χ3n) is 4.43. The molecule has 3 N–H and O–H groups in total. The number of hydrogen-bond acceptors (Lipinski definition) is 4. The molecule has 0 bridgehead atoms. The van der Waals surface area contributed by atoms with Crippen molar-refractivity contribution in [2.24, 2.45) is 5.92 Å². The van der Waals surface area contributed by atoms with Gasteiger partial charge in [-0.05, 0) is 32.1 Å². The van der Waals surface area contributed by atoms with E-state index in [-0.39, 0.29) is 12.1 Å². The van der Waals surface area contributed by atoms with E-state index in [1.165, 1.54) is 19.3 Å². The molecule has 114 valence electrons. The Morgan fingerprint density at radius 3 is 2.63 bits per heavy atom. The van der Waals surface area contributed by atoms with Gasteiger partial charge in [0.05, 0.1) is 25.4 Å². The predicted molar refractivity (Wildman–Crippen MR) is 77.2 cm³/mol. The number of ether oxygens (including phenoxy) is 1. The zero-order chi connectivity index (χ0) is 14.3. The summed E-state index contributed by atoms with van der Waals surface area (Å²) in [6.45, 7) is 7.14. The van der Waals surface area contributed by atoms with Gasteiger partial charge in [0.15, 0.2) is 0 Å². The molecule has 4 unspecified atom stereocenters. The zero-order valence-electron chi connectivity index (χ0n) is 12.7. The summed E-state index contributed by atoms with van der Waals surface area (Å²) in [6, 6.07) is 0. The molecule has 1 fully saturated rings. The first-order chi connectivity index (χ1) is 9.00. The van der Waals surface area contributed by atoms with Crippen LogP contribution in [0.5, 0.6) is 0 Å². The molecular weight excluding hydrogens is 242 g/mol. The SMILES string of the molecule is CCC(C)(CO)NCC(O)COC1CCCCC1C. The molecule has 0 heterocycles. The van der Waals surface area contributed by atoms with Crippen LogP contribution in [-0.2, 0) is 4.74 Å². The van der Waals surface area contributed by atoms with Crippen molar-refractivity contribution in [3.8, 4) is 0 Å². The maximum Gasteiger partial charge on any atom is 0.0898 e. The van der Waals surface area contributed by atoms with Crippen molar-refractivity contribution in [2.75, 3.05) is 19.8 Å². The van der Waals surface area contributed by atoms with E-state index in [1.807, 2.05) is 13.8 Å². The van der Waals surface area contributed by atoms with Crippen LogP contribution in [0.1, 0.15) is 52.9 Å². The number of hydrogen-bond donors (Lipinski definition) is 3. The van der Waals surface area contributed by atoms with Gasteiger partial charge in [-0.15, -0.1) is 0 Å². The van der Waals surface area contributed by atoms with Gasteiger partial charge < -0.3 is 20.3 Å². The first-order valence-electron chi connectivity index (χ1n) is 7.66. The lowest BCUT2D eigenvalue weighted by atomic mass is 9.88. The molecule has 4 nitrogen and oxygen atoms in total. The molecule has 1 aliphatic carbocycles. The summed E-state index contributed by atoms with van der Waals surface area (Å²) in [5.41, 5.74) is -0.306. The molecule has 0 aliphatic heterocycles. The summed E-state index contributed by atoms with van der Waals surface area (Å²) < 4.78 is 5.84. The largest absolute Gasteiger partial charge is 0.394 e. The Kier molecular flexibility index (Phi) is 7.29. The predicted octanol–water partition coefficient (Wildman–Crippen LogP) is 1.69. The van der Waals surface area contributed by atoms with Crippen LogP contribution >= 0.6 is 0 Å². The summed E-state index contributed by atoms with van der Waals surface area (Å²) in [5.74, 6) is 0.604. The minimum atomic E-state index is -0.508. The topological polar surface area (TPSA) is 61.7 Å². The monoisotopic (exact) mass is 273 g/mol. The lowest BCUT2D eigenvalue weighted by molar-refractivity contribution is -0.0471. The van der Waals surface area contributed by atoms with Crippen molar-refractivity contribution in [1.29, 1.82) is 0 Å². The van der Waals surface area contributed by atoms with Crippen molar-refractivity contribution in [1.82, 2.24) is 5.32 Å². The third kappa shape index (κ3) is 5.78. The minimum absolute atomic E-state index is 0.0801. The molecule has 1 aliphatic rings. The lowest BCUT2D eigenvalue weighted by Crippen LogP contribution is -2.49. The maximum atomic E-state index is 9.95. The number of rotatable bonds is 8. The van der Waals surface area contributed by atoms with E-state index in [9.17, 15) is 10.2 Å². The van der Waals surface area contributed by atoms with Crippen LogP contribution < -0.4 is 5.32 Å². The maximum absolute atomic E-state index is 9.95. The zero-order valence-corrected chi connectivity index (χ0v) is 12.7. The van der Waals surface area contributed by atoms with Crippen molar-refractivity contribution < 1.29 is 14.9 Å². The Morgan fingerprint density at radius 2 is 2.05 bits per heavy atom. The highest BCUT2D eigenvalue weighted by molar-refractivity contribution is 4.81. The molecule has 0 radical (unpaired) electrons. The van der Waals surface area contributed by atoms with Crippen molar-refractivity contribution >= 4 is 0 Å². The normalized spacial score (nSPS) is 28.9. The van der Waals surface area contributed by atoms with E-state index in [2.05, 4.69) is 12.2 Å². The van der Waals surface area contributed by atoms with Crippen molar-refractivity contribution in [3.05, 3.63) is 0 Å². The molecule has 0 spiro atoms. The molecule has 0 aromatic heterocycles. The molecule has 4 atom stereocenters. The second kappa shape index (κ2) is 8.20. The smallest absolute Gasteiger partial charge is 0.0898 e. The molecule has 0 saturated heterocycles. The fourth-order valence-corrected chi connectivity index (χ4v) is 2.48. The van der Waals surface area contributed by atoms with Crippen molar-refractivity contribution in [2.45, 2.75) is 70.6 Å². The first-order valence-corrected chi connectivity index (χ1v) is 7.66. The van der Waals surface area contributed by atoms with E-state index in [1.54, 1.807) is 0 Å². The number of aliphatic hydroxyl groups excluding tert-OH is 2. The van der Waals surface area contributed by atoms with Crippen LogP contribution in [-0.4, -0.2) is 47.7 Å². The Bertz CT molecular complexity index is 244. The van der Waals surface area contributed by atoms with Crippen LogP contribution in [0.4, 0.5) is 0 Å². The summed E-state index contributed by atoms with van der Waals surface area (Å²) in [4.78, 5) is 0. The van der Waals surface area contributed by atoms with E-state index >= 15 is 0 Å². The highest BCUT2D eigenvalue weighted by atomic mass is 16.5. The van der Waals surface area contributed by atoms with Crippen LogP contribution in [0.2, 0.25) is 0 Å². The quantitative estimate of drug-likeness (QED) is 0.630. The molecule has 0 aromatic rings. The van der Waals surface area contributed by atoms with Gasteiger partial charge in [-0.2, -0.15) is 0 Å². The van der Waals surface area contributed by atoms with Gasteiger partial charge in [-0.3, -0.25) is 0 Å². The number of aliphatic hydroxyl groups is 2. The summed E-state index contributed by atoms with van der Waals surface area (Å²) in [7, 11) is 0. The van der Waals surface area contributed by atoms with Gasteiger partial charge in [-0.25, -0.2) is 0 Å². The van der Waals surface area contributed by atoms with Crippen LogP contribution in [0.3, 0.4) is 0 Å².